The minimum Gasteiger partial charge on any atom is -0.408 e. The summed E-state index contributed by atoms with van der Waals surface area (Å²) < 4.78 is 6.64. The van der Waals surface area contributed by atoms with Gasteiger partial charge in [-0.15, -0.1) is 0 Å². The number of hydrogen-bond donors (Lipinski definition) is 1. The number of aromatic nitrogens is 1. The van der Waals surface area contributed by atoms with Crippen molar-refractivity contribution >= 4 is 40.2 Å². The minimum atomic E-state index is -0.498. The Morgan fingerprint density at radius 2 is 1.83 bits per heavy atom. The molecular formula is C21H23Cl2N3O3. The van der Waals surface area contributed by atoms with E-state index in [1.165, 1.54) is 4.57 Å². The number of hydrogen-bond acceptors (Lipinski definition) is 4. The van der Waals surface area contributed by atoms with Gasteiger partial charge in [0.2, 0.25) is 5.91 Å². The number of fused-ring (bicyclic) bond motifs is 1. The molecule has 0 fully saturated rings. The average Bonchev–Trinajstić information content (AvgIpc) is 2.98. The lowest BCUT2D eigenvalue weighted by Crippen LogP contribution is -2.33. The summed E-state index contributed by atoms with van der Waals surface area (Å²) in [6.07, 6.45) is 0.173. The van der Waals surface area contributed by atoms with Gasteiger partial charge in [0.25, 0.3) is 0 Å². The third-order valence-corrected chi connectivity index (χ3v) is 5.15. The smallest absolute Gasteiger partial charge is 0.408 e. The third kappa shape index (κ3) is 5.63. The molecule has 0 aliphatic rings. The summed E-state index contributed by atoms with van der Waals surface area (Å²) in [6.45, 7) is 1.52. The maximum Gasteiger partial charge on any atom is 0.419 e. The molecule has 0 unspecified atom stereocenters. The highest BCUT2D eigenvalue weighted by molar-refractivity contribution is 6.31. The van der Waals surface area contributed by atoms with E-state index in [-0.39, 0.29) is 24.8 Å². The molecule has 1 aromatic heterocycles. The zero-order chi connectivity index (χ0) is 21.0. The van der Waals surface area contributed by atoms with Crippen molar-refractivity contribution in [2.75, 3.05) is 27.2 Å². The second-order valence-corrected chi connectivity index (χ2v) is 8.07. The number of nitrogens with one attached hydrogen (secondary N) is 1. The molecule has 1 heterocycles. The highest BCUT2D eigenvalue weighted by Crippen LogP contribution is 2.20. The van der Waals surface area contributed by atoms with Crippen LogP contribution in [0.5, 0.6) is 0 Å². The molecule has 1 amide bonds. The van der Waals surface area contributed by atoms with Crippen LogP contribution in [0.1, 0.15) is 17.9 Å². The summed E-state index contributed by atoms with van der Waals surface area (Å²) in [7, 11) is 3.99. The fraction of sp³-hybridized carbons (Fsp3) is 0.333. The van der Waals surface area contributed by atoms with Crippen molar-refractivity contribution in [2.24, 2.45) is 0 Å². The summed E-state index contributed by atoms with van der Waals surface area (Å²) in [5.41, 5.74) is 2.15. The van der Waals surface area contributed by atoms with Crippen LogP contribution < -0.4 is 11.1 Å². The number of halogens is 2. The molecule has 8 heteroatoms. The molecule has 29 heavy (non-hydrogen) atoms. The number of amides is 1. The number of carbonyl (C=O) groups excluding carboxylic acids is 1. The van der Waals surface area contributed by atoms with Gasteiger partial charge in [0, 0.05) is 48.1 Å². The largest absolute Gasteiger partial charge is 0.419 e. The van der Waals surface area contributed by atoms with Gasteiger partial charge in [-0.2, -0.15) is 0 Å². The van der Waals surface area contributed by atoms with Crippen molar-refractivity contribution in [3.05, 3.63) is 68.6 Å². The molecule has 0 spiro atoms. The second-order valence-electron chi connectivity index (χ2n) is 7.20. The Labute approximate surface area is 179 Å². The number of aryl methyl sites for hydroxylation is 1. The molecule has 0 aliphatic carbocycles. The Morgan fingerprint density at radius 3 is 2.52 bits per heavy atom. The van der Waals surface area contributed by atoms with Crippen molar-refractivity contribution < 1.29 is 9.21 Å². The molecule has 6 nitrogen and oxygen atoms in total. The lowest BCUT2D eigenvalue weighted by Gasteiger charge is -2.22. The summed E-state index contributed by atoms with van der Waals surface area (Å²) in [5, 5.41) is 4.15. The van der Waals surface area contributed by atoms with Gasteiger partial charge in [-0.25, -0.2) is 4.79 Å². The summed E-state index contributed by atoms with van der Waals surface area (Å²) in [6, 6.07) is 12.7. The summed E-state index contributed by atoms with van der Waals surface area (Å²) >= 11 is 11.9. The van der Waals surface area contributed by atoms with Crippen LogP contribution >= 0.6 is 23.2 Å². The molecule has 0 saturated carbocycles. The Morgan fingerprint density at radius 1 is 1.14 bits per heavy atom. The van der Waals surface area contributed by atoms with E-state index in [0.717, 1.165) is 12.1 Å². The zero-order valence-corrected chi connectivity index (χ0v) is 17.8. The van der Waals surface area contributed by atoms with E-state index in [2.05, 4.69) is 10.2 Å². The van der Waals surface area contributed by atoms with Gasteiger partial charge >= 0.3 is 5.76 Å². The SMILES string of the molecule is CN(C)C[C@H](CNC(=O)CCn1c(=O)oc2cc(Cl)ccc21)c1ccc(Cl)cc1. The van der Waals surface area contributed by atoms with Crippen LogP contribution in [0.3, 0.4) is 0 Å². The number of likely N-dealkylation sites (N-methyl/N-ethyl adjacent to an activating group) is 1. The molecule has 0 aliphatic heterocycles. The van der Waals surface area contributed by atoms with E-state index in [9.17, 15) is 9.59 Å². The standard InChI is InChI=1S/C21H23Cl2N3O3/c1-25(2)13-15(14-3-5-16(22)6-4-14)12-24-20(27)9-10-26-18-8-7-17(23)11-19(18)29-21(26)28/h3-8,11,15H,9-10,12-13H2,1-2H3,(H,24,27)/t15-/m0/s1. The fourth-order valence-corrected chi connectivity index (χ4v) is 3.54. The molecular weight excluding hydrogens is 413 g/mol. The topological polar surface area (TPSA) is 67.5 Å². The van der Waals surface area contributed by atoms with E-state index in [1.807, 2.05) is 38.4 Å². The van der Waals surface area contributed by atoms with Crippen LogP contribution in [0.25, 0.3) is 11.1 Å². The number of rotatable bonds is 8. The van der Waals surface area contributed by atoms with Crippen LogP contribution in [-0.4, -0.2) is 42.6 Å². The second kappa shape index (κ2) is 9.48. The van der Waals surface area contributed by atoms with Crippen molar-refractivity contribution in [3.8, 4) is 0 Å². The Kier molecular flexibility index (Phi) is 7.00. The maximum atomic E-state index is 12.4. The quantitative estimate of drug-likeness (QED) is 0.584. The molecule has 0 bridgehead atoms. The lowest BCUT2D eigenvalue weighted by molar-refractivity contribution is -0.121. The van der Waals surface area contributed by atoms with E-state index in [4.69, 9.17) is 27.6 Å². The van der Waals surface area contributed by atoms with Gasteiger partial charge in [-0.05, 0) is 43.9 Å². The number of benzene rings is 2. The Bertz CT molecular complexity index is 1040. The van der Waals surface area contributed by atoms with Gasteiger partial charge in [0.15, 0.2) is 5.58 Å². The normalized spacial score (nSPS) is 12.4. The Hall–Kier alpha value is -2.28. The van der Waals surface area contributed by atoms with Crippen molar-refractivity contribution in [1.82, 2.24) is 14.8 Å². The monoisotopic (exact) mass is 435 g/mol. The first-order valence-electron chi connectivity index (χ1n) is 9.29. The summed E-state index contributed by atoms with van der Waals surface area (Å²) in [4.78, 5) is 26.5. The van der Waals surface area contributed by atoms with Crippen LogP contribution in [0.15, 0.2) is 51.7 Å². The van der Waals surface area contributed by atoms with E-state index >= 15 is 0 Å². The number of carbonyl (C=O) groups is 1. The average molecular weight is 436 g/mol. The van der Waals surface area contributed by atoms with Gasteiger partial charge in [-0.3, -0.25) is 9.36 Å². The van der Waals surface area contributed by atoms with Crippen LogP contribution in [0.2, 0.25) is 10.0 Å². The minimum absolute atomic E-state index is 0.127. The molecule has 1 N–H and O–H groups in total. The number of oxazole rings is 1. The zero-order valence-electron chi connectivity index (χ0n) is 16.3. The van der Waals surface area contributed by atoms with E-state index in [0.29, 0.717) is 27.7 Å². The van der Waals surface area contributed by atoms with Crippen molar-refractivity contribution in [1.29, 1.82) is 0 Å². The third-order valence-electron chi connectivity index (χ3n) is 4.67. The molecule has 1 atom stereocenters. The molecule has 0 saturated heterocycles. The Balaban J connectivity index is 1.62. The van der Waals surface area contributed by atoms with Crippen LogP contribution in [0, 0.1) is 0 Å². The molecule has 154 valence electrons. The lowest BCUT2D eigenvalue weighted by atomic mass is 9.98. The van der Waals surface area contributed by atoms with Gasteiger partial charge in [0.05, 0.1) is 5.52 Å². The van der Waals surface area contributed by atoms with Gasteiger partial charge < -0.3 is 14.6 Å². The molecule has 3 rings (SSSR count). The van der Waals surface area contributed by atoms with Crippen molar-refractivity contribution in [2.45, 2.75) is 18.9 Å². The predicted molar refractivity (Wildman–Crippen MR) is 116 cm³/mol. The molecule has 0 radical (unpaired) electrons. The number of nitrogens with zero attached hydrogens (tertiary/aromatic N) is 2. The summed E-state index contributed by atoms with van der Waals surface area (Å²) in [5.74, 6) is -0.495. The first kappa shape index (κ1) is 21.4. The van der Waals surface area contributed by atoms with Gasteiger partial charge in [0.1, 0.15) is 0 Å². The van der Waals surface area contributed by atoms with Crippen LogP contribution in [-0.2, 0) is 11.3 Å². The highest BCUT2D eigenvalue weighted by Gasteiger charge is 2.15. The van der Waals surface area contributed by atoms with Crippen molar-refractivity contribution in [3.63, 3.8) is 0 Å². The van der Waals surface area contributed by atoms with E-state index < -0.39 is 5.76 Å². The first-order valence-corrected chi connectivity index (χ1v) is 10.0. The predicted octanol–water partition coefficient (Wildman–Crippen LogP) is 3.75. The first-order chi connectivity index (χ1) is 13.8. The highest BCUT2D eigenvalue weighted by atomic mass is 35.5. The van der Waals surface area contributed by atoms with Gasteiger partial charge in [-0.1, -0.05) is 35.3 Å². The fourth-order valence-electron chi connectivity index (χ4n) is 3.25. The van der Waals surface area contributed by atoms with E-state index in [1.54, 1.807) is 18.2 Å². The maximum absolute atomic E-state index is 12.4. The molecule has 2 aromatic carbocycles. The molecule has 3 aromatic rings. The van der Waals surface area contributed by atoms with Crippen LogP contribution in [0.4, 0.5) is 0 Å².